The van der Waals surface area contributed by atoms with Gasteiger partial charge in [0.1, 0.15) is 5.75 Å². The van der Waals surface area contributed by atoms with Crippen LogP contribution in [0.3, 0.4) is 0 Å². The normalized spacial score (nSPS) is 12.1. The first-order chi connectivity index (χ1) is 11.9. The Hall–Kier alpha value is -1.48. The first-order valence-electron chi connectivity index (χ1n) is 7.13. The number of methoxy groups -OCH3 is 1. The quantitative estimate of drug-likeness (QED) is 0.448. The van der Waals surface area contributed by atoms with Crippen LogP contribution in [-0.2, 0) is 12.4 Å². The number of carbonyl (C=O) groups is 1. The number of hydrogen-bond acceptors (Lipinski definition) is 2. The smallest absolute Gasteiger partial charge is 0.497 e. The van der Waals surface area contributed by atoms with E-state index in [0.717, 1.165) is 0 Å². The third-order valence-corrected chi connectivity index (χ3v) is 4.68. The van der Waals surface area contributed by atoms with Gasteiger partial charge in [-0.2, -0.15) is 31.6 Å². The van der Waals surface area contributed by atoms with Crippen LogP contribution in [0.4, 0.5) is 26.3 Å². The van der Waals surface area contributed by atoms with Crippen LogP contribution in [0, 0.1) is 6.92 Å². The largest absolute Gasteiger partial charge is 1.00 e. The Labute approximate surface area is 165 Å². The van der Waals surface area contributed by atoms with Gasteiger partial charge in [-0.15, -0.1) is 0 Å². The summed E-state index contributed by atoms with van der Waals surface area (Å²) in [6.07, 6.45) is -10.2. The molecule has 0 fully saturated rings. The molecule has 10 heteroatoms. The zero-order chi connectivity index (χ0) is 19.7. The van der Waals surface area contributed by atoms with E-state index in [0.29, 0.717) is 34.8 Å². The van der Waals surface area contributed by atoms with E-state index in [1.807, 2.05) is 0 Å². The Morgan fingerprint density at radius 2 is 1.48 bits per heavy atom. The second-order valence-corrected chi connectivity index (χ2v) is 6.40. The average molecular weight is 400 g/mol. The first kappa shape index (κ1) is 23.6. The maximum absolute atomic E-state index is 13.2. The molecule has 140 valence electrons. The SMILES string of the molecule is COc1ccc([P-]C(=O)c2c(C(F)(F)F)cccc2C(F)(F)F)c(C)c1.[Li+]. The molecule has 0 unspecified atom stereocenters. The summed E-state index contributed by atoms with van der Waals surface area (Å²) in [5, 5.41) is 0.293. The van der Waals surface area contributed by atoms with Gasteiger partial charge in [-0.05, 0) is 31.2 Å². The Morgan fingerprint density at radius 1 is 0.963 bits per heavy atom. The van der Waals surface area contributed by atoms with Gasteiger partial charge in [0.2, 0.25) is 0 Å². The number of halogens is 6. The van der Waals surface area contributed by atoms with Gasteiger partial charge in [-0.1, -0.05) is 17.7 Å². The number of aryl methyl sites for hydroxylation is 1. The van der Waals surface area contributed by atoms with Gasteiger partial charge in [0.25, 0.3) is 0 Å². The Kier molecular flexibility index (Phi) is 7.58. The van der Waals surface area contributed by atoms with Crippen molar-refractivity contribution in [1.29, 1.82) is 0 Å². The van der Waals surface area contributed by atoms with E-state index < -0.39 is 34.6 Å². The molecule has 0 amide bonds. The van der Waals surface area contributed by atoms with E-state index in [1.165, 1.54) is 25.3 Å². The predicted octanol–water partition coefficient (Wildman–Crippen LogP) is 2.46. The van der Waals surface area contributed by atoms with Crippen molar-refractivity contribution in [2.24, 2.45) is 0 Å². The molecule has 0 aliphatic carbocycles. The molecular formula is C17H12F6LiO2P. The van der Waals surface area contributed by atoms with Gasteiger partial charge in [0, 0.05) is 11.1 Å². The van der Waals surface area contributed by atoms with Gasteiger partial charge < -0.3 is 18.1 Å². The summed E-state index contributed by atoms with van der Waals surface area (Å²) in [6, 6.07) is 6.02. The molecule has 0 spiro atoms. The molecule has 0 radical (unpaired) electrons. The fourth-order valence-corrected chi connectivity index (χ4v) is 3.26. The molecule has 0 aromatic heterocycles. The van der Waals surface area contributed by atoms with Crippen LogP contribution in [0.1, 0.15) is 27.0 Å². The summed E-state index contributed by atoms with van der Waals surface area (Å²) >= 11 is 0. The predicted molar refractivity (Wildman–Crippen MR) is 85.1 cm³/mol. The Bertz CT molecular complexity index is 801. The van der Waals surface area contributed by atoms with Crippen molar-refractivity contribution < 1.29 is 54.7 Å². The van der Waals surface area contributed by atoms with Crippen molar-refractivity contribution in [1.82, 2.24) is 0 Å². The van der Waals surface area contributed by atoms with Crippen LogP contribution in [0.2, 0.25) is 0 Å². The molecule has 0 saturated carbocycles. The number of ether oxygens (including phenoxy) is 1. The molecule has 2 aromatic rings. The molecule has 0 saturated heterocycles. The number of alkyl halides is 6. The number of rotatable bonds is 4. The third kappa shape index (κ3) is 5.51. The van der Waals surface area contributed by atoms with E-state index in [-0.39, 0.29) is 27.4 Å². The van der Waals surface area contributed by atoms with Gasteiger partial charge in [0.15, 0.2) is 0 Å². The van der Waals surface area contributed by atoms with Crippen LogP contribution in [0.15, 0.2) is 36.4 Å². The van der Waals surface area contributed by atoms with Crippen molar-refractivity contribution in [3.63, 3.8) is 0 Å². The fraction of sp³-hybridized carbons (Fsp3) is 0.235. The van der Waals surface area contributed by atoms with Crippen molar-refractivity contribution in [2.75, 3.05) is 7.11 Å². The van der Waals surface area contributed by atoms with Gasteiger partial charge in [0.05, 0.1) is 18.2 Å². The van der Waals surface area contributed by atoms with E-state index in [9.17, 15) is 31.1 Å². The minimum Gasteiger partial charge on any atom is -0.497 e. The zero-order valence-electron chi connectivity index (χ0n) is 14.5. The van der Waals surface area contributed by atoms with Crippen LogP contribution < -0.4 is 28.9 Å². The maximum Gasteiger partial charge on any atom is 1.00 e. The molecule has 2 nitrogen and oxygen atoms in total. The van der Waals surface area contributed by atoms with Crippen LogP contribution in [0.5, 0.6) is 5.75 Å². The molecule has 0 aliphatic rings. The standard InChI is InChI=1S/C17H12F6O2P.Li/c1-9-8-10(25-2)6-7-13(9)26-15(24)14-11(16(18,19)20)4-3-5-12(14)17(21,22)23;/h3-8H,1-2H3;/q-1;+1. The molecule has 0 N–H and O–H groups in total. The molecule has 0 aliphatic heterocycles. The van der Waals surface area contributed by atoms with Crippen molar-refractivity contribution >= 4 is 19.4 Å². The Balaban J connectivity index is 0.00000364. The molecule has 2 rings (SSSR count). The summed E-state index contributed by atoms with van der Waals surface area (Å²) < 4.78 is 83.9. The van der Waals surface area contributed by atoms with Crippen molar-refractivity contribution in [2.45, 2.75) is 19.3 Å². The van der Waals surface area contributed by atoms with Gasteiger partial charge in [-0.25, -0.2) is 0 Å². The summed E-state index contributed by atoms with van der Waals surface area (Å²) in [6.45, 7) is 1.58. The van der Waals surface area contributed by atoms with E-state index in [2.05, 4.69) is 0 Å². The van der Waals surface area contributed by atoms with Gasteiger partial charge >= 0.3 is 31.2 Å². The molecule has 27 heavy (non-hydrogen) atoms. The number of hydrogen-bond donors (Lipinski definition) is 0. The second-order valence-electron chi connectivity index (χ2n) is 5.29. The maximum atomic E-state index is 13.2. The zero-order valence-corrected chi connectivity index (χ0v) is 15.4. The van der Waals surface area contributed by atoms with Crippen LogP contribution >= 0.6 is 8.58 Å². The summed E-state index contributed by atoms with van der Waals surface area (Å²) in [4.78, 5) is 12.4. The molecule has 2 aromatic carbocycles. The third-order valence-electron chi connectivity index (χ3n) is 3.52. The molecular weight excluding hydrogens is 388 g/mol. The van der Waals surface area contributed by atoms with Crippen LogP contribution in [0.25, 0.3) is 0 Å². The average Bonchev–Trinajstić information content (AvgIpc) is 2.54. The Morgan fingerprint density at radius 3 is 1.89 bits per heavy atom. The first-order valence-corrected chi connectivity index (χ1v) is 8.02. The number of carbonyl (C=O) groups excluding carboxylic acids is 1. The summed E-state index contributed by atoms with van der Waals surface area (Å²) in [7, 11) is 1.12. The second kappa shape index (κ2) is 8.68. The molecule has 0 atom stereocenters. The molecule has 0 bridgehead atoms. The number of benzene rings is 2. The summed E-state index contributed by atoms with van der Waals surface area (Å²) in [5.41, 5.74) is -5.34. The van der Waals surface area contributed by atoms with E-state index >= 15 is 0 Å². The minimum absolute atomic E-state index is 0. The molecule has 0 heterocycles. The monoisotopic (exact) mass is 400 g/mol. The van der Waals surface area contributed by atoms with Gasteiger partial charge in [-0.3, -0.25) is 0 Å². The topological polar surface area (TPSA) is 26.3 Å². The summed E-state index contributed by atoms with van der Waals surface area (Å²) in [5.74, 6) is 0.459. The van der Waals surface area contributed by atoms with Crippen molar-refractivity contribution in [3.8, 4) is 5.75 Å². The minimum atomic E-state index is -5.09. The van der Waals surface area contributed by atoms with E-state index in [1.54, 1.807) is 6.92 Å². The van der Waals surface area contributed by atoms with Crippen LogP contribution in [-0.4, -0.2) is 12.6 Å². The van der Waals surface area contributed by atoms with Crippen molar-refractivity contribution in [3.05, 3.63) is 58.7 Å². The fourth-order valence-electron chi connectivity index (χ4n) is 2.30. The van der Waals surface area contributed by atoms with E-state index in [4.69, 9.17) is 4.74 Å².